The lowest BCUT2D eigenvalue weighted by Gasteiger charge is -2.17. The van der Waals surface area contributed by atoms with Gasteiger partial charge < -0.3 is 10.1 Å². The maximum absolute atomic E-state index is 12.2. The highest BCUT2D eigenvalue weighted by Gasteiger charge is 2.26. The zero-order valence-corrected chi connectivity index (χ0v) is 16.7. The van der Waals surface area contributed by atoms with Gasteiger partial charge in [0.1, 0.15) is 11.3 Å². The van der Waals surface area contributed by atoms with Crippen LogP contribution in [0.25, 0.3) is 6.08 Å². The summed E-state index contributed by atoms with van der Waals surface area (Å²) in [6.07, 6.45) is 1.39. The molecule has 2 aromatic carbocycles. The van der Waals surface area contributed by atoms with Crippen molar-refractivity contribution >= 4 is 46.8 Å². The Kier molecular flexibility index (Phi) is 6.04. The highest BCUT2D eigenvalue weighted by Crippen LogP contribution is 2.22. The van der Waals surface area contributed by atoms with Crippen molar-refractivity contribution in [2.75, 3.05) is 11.9 Å². The molecule has 1 saturated heterocycles. The molecule has 0 aromatic heterocycles. The van der Waals surface area contributed by atoms with Gasteiger partial charge in [-0.15, -0.1) is 0 Å². The van der Waals surface area contributed by atoms with Crippen molar-refractivity contribution in [3.8, 4) is 5.75 Å². The third kappa shape index (κ3) is 5.05. The number of ether oxygens (including phenoxy) is 1. The molecule has 1 aliphatic rings. The fraction of sp³-hybridized carbons (Fsp3) is 0.143. The Morgan fingerprint density at radius 2 is 1.76 bits per heavy atom. The Labute approximate surface area is 173 Å². The molecule has 1 aliphatic heterocycles. The van der Waals surface area contributed by atoms with Crippen molar-refractivity contribution in [3.05, 3.63) is 64.7 Å². The van der Waals surface area contributed by atoms with E-state index >= 15 is 0 Å². The Morgan fingerprint density at radius 3 is 2.45 bits per heavy atom. The van der Waals surface area contributed by atoms with Crippen LogP contribution < -0.4 is 20.7 Å². The molecular weight excluding hydrogens is 390 g/mol. The van der Waals surface area contributed by atoms with E-state index in [9.17, 15) is 14.4 Å². The first-order valence-electron chi connectivity index (χ1n) is 8.81. The number of amides is 3. The van der Waals surface area contributed by atoms with Gasteiger partial charge in [-0.3, -0.25) is 25.0 Å². The average molecular weight is 409 g/mol. The fourth-order valence-electron chi connectivity index (χ4n) is 2.65. The molecule has 29 heavy (non-hydrogen) atoms. The number of rotatable bonds is 5. The predicted molar refractivity (Wildman–Crippen MR) is 113 cm³/mol. The number of benzene rings is 2. The van der Waals surface area contributed by atoms with E-state index in [-0.39, 0.29) is 23.2 Å². The molecule has 3 amide bonds. The monoisotopic (exact) mass is 409 g/mol. The van der Waals surface area contributed by atoms with Gasteiger partial charge in [0.15, 0.2) is 11.7 Å². The lowest BCUT2D eigenvalue weighted by atomic mass is 10.1. The number of hydrogen-bond acceptors (Lipinski definition) is 5. The number of hydrogen-bond donors (Lipinski definition) is 3. The summed E-state index contributed by atoms with van der Waals surface area (Å²) in [5.41, 5.74) is 3.28. The predicted octanol–water partition coefficient (Wildman–Crippen LogP) is 2.24. The van der Waals surface area contributed by atoms with Crippen molar-refractivity contribution < 1.29 is 19.1 Å². The van der Waals surface area contributed by atoms with E-state index in [0.717, 1.165) is 11.1 Å². The van der Waals surface area contributed by atoms with Crippen LogP contribution in [0.2, 0.25) is 0 Å². The van der Waals surface area contributed by atoms with Crippen molar-refractivity contribution in [3.63, 3.8) is 0 Å². The van der Waals surface area contributed by atoms with Crippen LogP contribution in [-0.2, 0) is 14.4 Å². The third-order valence-corrected chi connectivity index (χ3v) is 4.52. The van der Waals surface area contributed by atoms with Gasteiger partial charge in [-0.05, 0) is 61.5 Å². The van der Waals surface area contributed by atoms with Crippen LogP contribution in [0.1, 0.15) is 16.7 Å². The first-order valence-corrected chi connectivity index (χ1v) is 9.21. The Morgan fingerprint density at radius 1 is 1.07 bits per heavy atom. The van der Waals surface area contributed by atoms with Gasteiger partial charge in [0.25, 0.3) is 17.7 Å². The first kappa shape index (κ1) is 20.2. The Balaban J connectivity index is 1.71. The number of carbonyl (C=O) groups excluding carboxylic acids is 3. The molecular formula is C21H19N3O4S. The van der Waals surface area contributed by atoms with Crippen LogP contribution in [0, 0.1) is 13.8 Å². The molecule has 1 heterocycles. The highest BCUT2D eigenvalue weighted by molar-refractivity contribution is 7.80. The summed E-state index contributed by atoms with van der Waals surface area (Å²) in [4.78, 5) is 36.3. The fourth-order valence-corrected chi connectivity index (χ4v) is 2.84. The van der Waals surface area contributed by atoms with E-state index in [4.69, 9.17) is 17.0 Å². The van der Waals surface area contributed by atoms with E-state index in [1.807, 2.05) is 32.0 Å². The maximum Gasteiger partial charge on any atom is 0.263 e. The molecule has 3 rings (SSSR count). The molecule has 2 aromatic rings. The molecule has 8 heteroatoms. The summed E-state index contributed by atoms with van der Waals surface area (Å²) in [6.45, 7) is 3.74. The first-order chi connectivity index (χ1) is 13.8. The highest BCUT2D eigenvalue weighted by atomic mass is 32.1. The molecule has 148 valence electrons. The van der Waals surface area contributed by atoms with Crippen LogP contribution in [0.3, 0.4) is 0 Å². The van der Waals surface area contributed by atoms with E-state index in [2.05, 4.69) is 16.0 Å². The zero-order chi connectivity index (χ0) is 21.0. The Bertz CT molecular complexity index is 1020. The summed E-state index contributed by atoms with van der Waals surface area (Å²) in [6, 6.07) is 12.4. The smallest absolute Gasteiger partial charge is 0.263 e. The summed E-state index contributed by atoms with van der Waals surface area (Å²) in [5.74, 6) is -1.15. The topological polar surface area (TPSA) is 96.5 Å². The van der Waals surface area contributed by atoms with Gasteiger partial charge in [-0.25, -0.2) is 0 Å². The van der Waals surface area contributed by atoms with Crippen LogP contribution >= 0.6 is 12.2 Å². The molecule has 3 N–H and O–H groups in total. The molecule has 0 aliphatic carbocycles. The Hall–Kier alpha value is -3.52. The minimum atomic E-state index is -0.596. The number of anilines is 1. The standard InChI is InChI=1S/C21H19N3O4S/c1-12-7-8-15(9-13(12)2)22-18(25)11-28-17-6-4-3-5-14(17)10-16-19(26)23-21(29)24-20(16)27/h3-10H,11H2,1-2H3,(H,22,25)(H2,23,24,26,27,29). The second-order valence-electron chi connectivity index (χ2n) is 6.47. The minimum Gasteiger partial charge on any atom is -0.483 e. The molecule has 0 spiro atoms. The normalized spacial score (nSPS) is 13.4. The largest absolute Gasteiger partial charge is 0.483 e. The third-order valence-electron chi connectivity index (χ3n) is 4.31. The molecule has 7 nitrogen and oxygen atoms in total. The lowest BCUT2D eigenvalue weighted by molar-refractivity contribution is -0.123. The van der Waals surface area contributed by atoms with Gasteiger partial charge in [0, 0.05) is 11.3 Å². The second-order valence-corrected chi connectivity index (χ2v) is 6.88. The van der Waals surface area contributed by atoms with Gasteiger partial charge in [0.2, 0.25) is 0 Å². The SMILES string of the molecule is Cc1ccc(NC(=O)COc2ccccc2C=C2C(=O)NC(=S)NC2=O)cc1C. The summed E-state index contributed by atoms with van der Waals surface area (Å²) >= 11 is 4.78. The molecule has 0 radical (unpaired) electrons. The van der Waals surface area contributed by atoms with Crippen LogP contribution in [0.5, 0.6) is 5.75 Å². The van der Waals surface area contributed by atoms with Crippen molar-refractivity contribution in [1.82, 2.24) is 10.6 Å². The lowest BCUT2D eigenvalue weighted by Crippen LogP contribution is -2.51. The summed E-state index contributed by atoms with van der Waals surface area (Å²) in [5, 5.41) is 7.49. The molecule has 1 fully saturated rings. The number of para-hydroxylation sites is 1. The number of thiocarbonyl (C=S) groups is 1. The van der Waals surface area contributed by atoms with Crippen molar-refractivity contribution in [2.45, 2.75) is 13.8 Å². The quantitative estimate of drug-likeness (QED) is 0.400. The van der Waals surface area contributed by atoms with Gasteiger partial charge in [0.05, 0.1) is 0 Å². The summed E-state index contributed by atoms with van der Waals surface area (Å²) < 4.78 is 5.61. The molecule has 0 bridgehead atoms. The number of aryl methyl sites for hydroxylation is 2. The number of carbonyl (C=O) groups is 3. The van der Waals surface area contributed by atoms with Crippen molar-refractivity contribution in [1.29, 1.82) is 0 Å². The van der Waals surface area contributed by atoms with Gasteiger partial charge in [-0.1, -0.05) is 24.3 Å². The van der Waals surface area contributed by atoms with Crippen molar-refractivity contribution in [2.24, 2.45) is 0 Å². The minimum absolute atomic E-state index is 0.0373. The molecule has 0 unspecified atom stereocenters. The zero-order valence-electron chi connectivity index (χ0n) is 15.9. The second kappa shape index (κ2) is 8.66. The van der Waals surface area contributed by atoms with Crippen LogP contribution in [0.15, 0.2) is 48.0 Å². The molecule has 0 atom stereocenters. The van der Waals surface area contributed by atoms with Crippen LogP contribution in [0.4, 0.5) is 5.69 Å². The summed E-state index contributed by atoms with van der Waals surface area (Å²) in [7, 11) is 0. The van der Waals surface area contributed by atoms with Gasteiger partial charge in [-0.2, -0.15) is 0 Å². The van der Waals surface area contributed by atoms with Crippen LogP contribution in [-0.4, -0.2) is 29.4 Å². The van der Waals surface area contributed by atoms with Gasteiger partial charge >= 0.3 is 0 Å². The number of nitrogens with one attached hydrogen (secondary N) is 3. The maximum atomic E-state index is 12.2. The van der Waals surface area contributed by atoms with E-state index < -0.39 is 11.8 Å². The van der Waals surface area contributed by atoms with E-state index in [1.165, 1.54) is 6.08 Å². The average Bonchev–Trinajstić information content (AvgIpc) is 2.66. The van der Waals surface area contributed by atoms with E-state index in [1.54, 1.807) is 24.3 Å². The molecule has 0 saturated carbocycles. The van der Waals surface area contributed by atoms with E-state index in [0.29, 0.717) is 17.0 Å².